The Labute approximate surface area is 401 Å². The van der Waals surface area contributed by atoms with Gasteiger partial charge < -0.3 is 39.4 Å². The molecule has 2 saturated heterocycles. The lowest BCUT2D eigenvalue weighted by Gasteiger charge is -2.63. The number of nitrogens with zero attached hydrogens (tertiary/aromatic N) is 3. The Hall–Kier alpha value is -4.01. The minimum atomic E-state index is -2.42. The molecule has 1 spiro atoms. The highest BCUT2D eigenvalue weighted by atomic mass is 33.1. The molecule has 2 amide bonds. The molecule has 7 N–H and O–H groups in total. The Morgan fingerprint density at radius 1 is 1.09 bits per heavy atom. The first-order valence-electron chi connectivity index (χ1n) is 23.8. The smallest absolute Gasteiger partial charge is 0.426 e. The molecule has 1 aliphatic carbocycles. The van der Waals surface area contributed by atoms with Crippen LogP contribution >= 0.6 is 21.6 Å². The summed E-state index contributed by atoms with van der Waals surface area (Å²) < 4.78 is 16.5. The largest absolute Gasteiger partial charge is 0.496 e. The zero-order valence-electron chi connectivity index (χ0n) is 39.8. The number of fused-ring (bicyclic) bond motifs is 2. The van der Waals surface area contributed by atoms with E-state index in [9.17, 15) is 29.7 Å². The highest BCUT2D eigenvalue weighted by Gasteiger charge is 2.78. The van der Waals surface area contributed by atoms with Gasteiger partial charge >= 0.3 is 6.09 Å². The van der Waals surface area contributed by atoms with Crippen LogP contribution in [-0.2, 0) is 31.0 Å². The van der Waals surface area contributed by atoms with Crippen LogP contribution in [0.2, 0.25) is 0 Å². The second kappa shape index (κ2) is 19.8. The van der Waals surface area contributed by atoms with Crippen molar-refractivity contribution in [2.45, 2.75) is 113 Å². The molecule has 16 nitrogen and oxygen atoms in total. The van der Waals surface area contributed by atoms with Crippen LogP contribution in [0, 0.1) is 11.3 Å². The Balaban J connectivity index is 1.12. The number of ether oxygens (including phenoxy) is 3. The predicted octanol–water partition coefficient (Wildman–Crippen LogP) is 4.76. The van der Waals surface area contributed by atoms with Crippen molar-refractivity contribution in [3.63, 3.8) is 0 Å². The molecule has 366 valence electrons. The molecule has 1 aromatic heterocycles. The highest BCUT2D eigenvalue weighted by molar-refractivity contribution is 8.76. The second-order valence-corrected chi connectivity index (χ2v) is 21.9. The van der Waals surface area contributed by atoms with Crippen molar-refractivity contribution in [3.05, 3.63) is 70.9 Å². The fourth-order valence-corrected chi connectivity index (χ4v) is 14.7. The normalized spacial score (nSPS) is 30.9. The molecule has 0 radical (unpaired) electrons. The molecule has 4 aliphatic heterocycles. The van der Waals surface area contributed by atoms with E-state index in [1.807, 2.05) is 43.2 Å². The van der Waals surface area contributed by atoms with Gasteiger partial charge in [0.2, 0.25) is 0 Å². The number of β-amino-alcohol motifs (C(OH)–C–C–N with tert-alkyl or cyclic N) is 1. The number of H-pyrrole nitrogens is 1. The maximum Gasteiger partial charge on any atom is 0.426 e. The molecule has 18 heteroatoms. The van der Waals surface area contributed by atoms with Crippen molar-refractivity contribution in [1.29, 1.82) is 0 Å². The van der Waals surface area contributed by atoms with Crippen molar-refractivity contribution in [3.8, 4) is 5.75 Å². The maximum absolute atomic E-state index is 14.8. The number of likely N-dealkylation sites (N-methyl/N-ethyl adjacent to an activating group) is 1. The number of aromatic nitrogens is 1. The van der Waals surface area contributed by atoms with E-state index < -0.39 is 52.4 Å². The number of aliphatic hydroxyl groups is 3. The fraction of sp³-hybridized carbons (Fsp3) is 0.612. The highest BCUT2D eigenvalue weighted by Crippen LogP contribution is 2.67. The third-order valence-corrected chi connectivity index (χ3v) is 18.3. The first-order chi connectivity index (χ1) is 32.2. The van der Waals surface area contributed by atoms with Crippen LogP contribution in [0.4, 0.5) is 10.5 Å². The number of carbonyl (C=O) groups is 3. The maximum atomic E-state index is 14.8. The van der Waals surface area contributed by atoms with Gasteiger partial charge in [-0.05, 0) is 68.5 Å². The number of hydrogen-bond acceptors (Lipinski definition) is 15. The number of piperidine rings is 1. The van der Waals surface area contributed by atoms with Crippen LogP contribution in [0.3, 0.4) is 0 Å². The van der Waals surface area contributed by atoms with E-state index in [0.717, 1.165) is 52.8 Å². The van der Waals surface area contributed by atoms with E-state index in [4.69, 9.17) is 14.2 Å². The average molecular weight is 964 g/mol. The zero-order chi connectivity index (χ0) is 47.9. The summed E-state index contributed by atoms with van der Waals surface area (Å²) in [6.45, 7) is 12.4. The van der Waals surface area contributed by atoms with E-state index >= 15 is 0 Å². The molecular formula is C49H69N7O9S2. The number of methoxy groups -OCH3 is 1. The van der Waals surface area contributed by atoms with Gasteiger partial charge in [-0.15, -0.1) is 0 Å². The van der Waals surface area contributed by atoms with Crippen LogP contribution < -0.4 is 25.8 Å². The molecule has 10 atom stereocenters. The summed E-state index contributed by atoms with van der Waals surface area (Å²) in [7, 11) is 8.08. The first kappa shape index (κ1) is 49.4. The number of anilines is 1. The molecule has 5 aliphatic rings. The Morgan fingerprint density at radius 3 is 2.60 bits per heavy atom. The summed E-state index contributed by atoms with van der Waals surface area (Å²) in [4.78, 5) is 48.9. The van der Waals surface area contributed by atoms with Gasteiger partial charge in [0, 0.05) is 95.7 Å². The number of aromatic amines is 1. The number of para-hydroxylation sites is 1. The number of amides is 2. The molecule has 2 aromatic carbocycles. The van der Waals surface area contributed by atoms with Crippen LogP contribution in [0.15, 0.2) is 48.6 Å². The Morgan fingerprint density at radius 2 is 1.88 bits per heavy atom. The minimum absolute atomic E-state index is 0.0262. The molecular weight excluding hydrogens is 895 g/mol. The third kappa shape index (κ3) is 8.40. The third-order valence-electron chi connectivity index (χ3n) is 16.0. The monoisotopic (exact) mass is 963 g/mol. The molecule has 8 rings (SSSR count). The summed E-state index contributed by atoms with van der Waals surface area (Å²) in [5.41, 5.74) is 5.78. The van der Waals surface area contributed by atoms with Gasteiger partial charge in [0.15, 0.2) is 11.8 Å². The van der Waals surface area contributed by atoms with E-state index in [1.165, 1.54) is 27.2 Å². The van der Waals surface area contributed by atoms with Crippen molar-refractivity contribution in [1.82, 2.24) is 31.0 Å². The number of hydrazine groups is 1. The molecule has 3 fully saturated rings. The number of benzene rings is 2. The van der Waals surface area contributed by atoms with E-state index in [1.54, 1.807) is 14.2 Å². The van der Waals surface area contributed by atoms with Crippen molar-refractivity contribution >= 4 is 56.7 Å². The standard InChI is InChI=1S/C49H69N7O9S2/c1-8-31-24-46(61,9-2)28-55(25-31)26-34-32-14-11-12-15-36(32)51-40(34)30(4)33-22-35-37(23-38(33)63-7)54(6)42-48(35)17-19-56-18-13-16-47(10-3,41(48)56)43(58)49(42,62)44(59)52-53-45(60)64-20-21-66-67-27-39(50-5)65-29-57/h11-16,22-23,29-31,39,41-43,50-51,58,61-62H,8-10,17-21,24-28H2,1-7H3,(H,52,59)(H,53,60)/t30?,31-,39+,41+,42+,43+,46-,47+,48+,49-/m0/s1. The van der Waals surface area contributed by atoms with Gasteiger partial charge in [-0.3, -0.25) is 30.1 Å². The van der Waals surface area contributed by atoms with Gasteiger partial charge in [0.05, 0.1) is 24.5 Å². The van der Waals surface area contributed by atoms with Crippen LogP contribution in [0.25, 0.3) is 10.9 Å². The fourth-order valence-electron chi connectivity index (χ4n) is 12.8. The molecule has 5 heterocycles. The zero-order valence-corrected chi connectivity index (χ0v) is 41.4. The number of nitrogens with one attached hydrogen (secondary N) is 4. The molecule has 0 bridgehead atoms. The minimum Gasteiger partial charge on any atom is -0.496 e. The van der Waals surface area contributed by atoms with Gasteiger partial charge in [0.25, 0.3) is 12.4 Å². The summed E-state index contributed by atoms with van der Waals surface area (Å²) in [5, 5.41) is 41.6. The summed E-state index contributed by atoms with van der Waals surface area (Å²) in [5.74, 6) is 0.840. The van der Waals surface area contributed by atoms with Crippen LogP contribution in [-0.4, -0.2) is 150 Å². The molecule has 1 saturated carbocycles. The number of likely N-dealkylation sites (tertiary alicyclic amines) is 1. The van der Waals surface area contributed by atoms with E-state index in [2.05, 4.69) is 76.0 Å². The van der Waals surface area contributed by atoms with E-state index in [0.29, 0.717) is 75.1 Å². The van der Waals surface area contributed by atoms with Crippen molar-refractivity contribution in [2.24, 2.45) is 11.3 Å². The number of rotatable bonds is 18. The van der Waals surface area contributed by atoms with Crippen molar-refractivity contribution < 1.29 is 43.9 Å². The lowest BCUT2D eigenvalue weighted by Crippen LogP contribution is -2.82. The predicted molar refractivity (Wildman–Crippen MR) is 262 cm³/mol. The van der Waals surface area contributed by atoms with Crippen molar-refractivity contribution in [2.75, 3.05) is 70.4 Å². The number of aliphatic hydroxyl groups excluding tert-OH is 1. The number of hydrogen-bond donors (Lipinski definition) is 7. The number of carbonyl (C=O) groups excluding carboxylic acids is 3. The van der Waals surface area contributed by atoms with E-state index in [-0.39, 0.29) is 18.6 Å². The lowest BCUT2D eigenvalue weighted by atomic mass is 9.47. The molecule has 67 heavy (non-hydrogen) atoms. The molecule has 3 aromatic rings. The van der Waals surface area contributed by atoms with Crippen LogP contribution in [0.1, 0.15) is 88.1 Å². The van der Waals surface area contributed by atoms with Gasteiger partial charge in [-0.25, -0.2) is 10.2 Å². The second-order valence-electron chi connectivity index (χ2n) is 19.3. The molecule has 1 unspecified atom stereocenters. The quantitative estimate of drug-likeness (QED) is 0.0230. The first-order valence-corrected chi connectivity index (χ1v) is 26.2. The Bertz CT molecular complexity index is 2340. The van der Waals surface area contributed by atoms with Crippen LogP contribution in [0.5, 0.6) is 5.75 Å². The lowest BCUT2D eigenvalue weighted by molar-refractivity contribution is -0.204. The summed E-state index contributed by atoms with van der Waals surface area (Å²) in [6, 6.07) is 11.4. The van der Waals surface area contributed by atoms with Gasteiger partial charge in [0.1, 0.15) is 18.5 Å². The van der Waals surface area contributed by atoms with Gasteiger partial charge in [-0.2, -0.15) is 0 Å². The van der Waals surface area contributed by atoms with Gasteiger partial charge in [-0.1, -0.05) is 86.1 Å². The topological polar surface area (TPSA) is 201 Å². The summed E-state index contributed by atoms with van der Waals surface area (Å²) >= 11 is 0. The summed E-state index contributed by atoms with van der Waals surface area (Å²) in [6.07, 6.45) is 4.69. The Kier molecular flexibility index (Phi) is 14.6. The SMILES string of the molecule is CC[C@@H]1CN(Cc2c(C(C)c3cc4c(cc3OC)N(C)[C@H]3[C@@](O)(C(=O)NNC(=O)OCCSSC[C@H](NC)OC=O)[C@H](O)[C@]5(CC)C=CCN6CC[C@]43[C@H]65)[nH]c3ccccc23)C[C@](O)(CC)C1. The average Bonchev–Trinajstić information content (AvgIpc) is 3.99.